The van der Waals surface area contributed by atoms with Crippen LogP contribution in [-0.2, 0) is 0 Å². The zero-order valence-corrected chi connectivity index (χ0v) is 12.9. The van der Waals surface area contributed by atoms with Gasteiger partial charge in [0.15, 0.2) is 0 Å². The monoisotopic (exact) mass is 301 g/mol. The van der Waals surface area contributed by atoms with Gasteiger partial charge in [-0.05, 0) is 37.3 Å². The molecule has 1 aromatic rings. The molecule has 1 fully saturated rings. The van der Waals surface area contributed by atoms with Crippen molar-refractivity contribution in [2.75, 3.05) is 25.2 Å². The molecular formula is C14H20ClNO2S. The van der Waals surface area contributed by atoms with Gasteiger partial charge in [-0.2, -0.15) is 11.8 Å². The summed E-state index contributed by atoms with van der Waals surface area (Å²) in [7, 11) is 1.65. The van der Waals surface area contributed by atoms with E-state index in [0.717, 1.165) is 29.2 Å². The van der Waals surface area contributed by atoms with Gasteiger partial charge in [0.2, 0.25) is 0 Å². The van der Waals surface area contributed by atoms with E-state index in [-0.39, 0.29) is 6.04 Å². The average molecular weight is 302 g/mol. The van der Waals surface area contributed by atoms with Crippen LogP contribution in [0.2, 0.25) is 5.02 Å². The number of aliphatic hydroxyl groups is 1. The quantitative estimate of drug-likeness (QED) is 0.877. The number of hydrogen-bond donors (Lipinski definition) is 2. The zero-order chi connectivity index (χ0) is 13.9. The van der Waals surface area contributed by atoms with Crippen molar-refractivity contribution in [3.05, 3.63) is 28.8 Å². The highest BCUT2D eigenvalue weighted by atomic mass is 35.5. The highest BCUT2D eigenvalue weighted by molar-refractivity contribution is 7.99. The number of halogens is 1. The predicted molar refractivity (Wildman–Crippen MR) is 81.3 cm³/mol. The normalized spacial score (nSPS) is 24.4. The summed E-state index contributed by atoms with van der Waals surface area (Å²) in [5.74, 6) is 2.66. The minimum atomic E-state index is -0.579. The molecule has 0 aliphatic carbocycles. The molecule has 1 aromatic carbocycles. The summed E-state index contributed by atoms with van der Waals surface area (Å²) in [6, 6.07) is 5.68. The molecule has 0 unspecified atom stereocenters. The van der Waals surface area contributed by atoms with E-state index in [1.807, 2.05) is 18.2 Å². The van der Waals surface area contributed by atoms with Gasteiger partial charge in [-0.3, -0.25) is 0 Å². The Balaban J connectivity index is 2.03. The maximum Gasteiger partial charge on any atom is 0.123 e. The average Bonchev–Trinajstić information content (AvgIpc) is 2.83. The maximum atomic E-state index is 10.3. The Morgan fingerprint density at radius 2 is 2.37 bits per heavy atom. The van der Waals surface area contributed by atoms with Gasteiger partial charge in [0, 0.05) is 28.9 Å². The van der Waals surface area contributed by atoms with Gasteiger partial charge in [0.25, 0.3) is 0 Å². The third kappa shape index (κ3) is 3.78. The van der Waals surface area contributed by atoms with Gasteiger partial charge in [-0.15, -0.1) is 0 Å². The summed E-state index contributed by atoms with van der Waals surface area (Å²) in [6.45, 7) is 2.65. The molecule has 0 aromatic heterocycles. The first-order valence-corrected chi connectivity index (χ1v) is 7.94. The van der Waals surface area contributed by atoms with E-state index in [1.54, 1.807) is 18.9 Å². The number of nitrogens with one attached hydrogen (secondary N) is 1. The Morgan fingerprint density at radius 1 is 1.58 bits per heavy atom. The second-order valence-corrected chi connectivity index (χ2v) is 6.56. The fraction of sp³-hybridized carbons (Fsp3) is 0.571. The van der Waals surface area contributed by atoms with Crippen molar-refractivity contribution in [1.82, 2.24) is 5.32 Å². The molecule has 0 bridgehead atoms. The van der Waals surface area contributed by atoms with Gasteiger partial charge >= 0.3 is 0 Å². The second kappa shape index (κ2) is 6.35. The van der Waals surface area contributed by atoms with Crippen molar-refractivity contribution in [2.45, 2.75) is 25.0 Å². The minimum Gasteiger partial charge on any atom is -0.496 e. The van der Waals surface area contributed by atoms with E-state index in [9.17, 15) is 5.11 Å². The molecule has 0 saturated carbocycles. The fourth-order valence-corrected chi connectivity index (χ4v) is 3.71. The Hall–Kier alpha value is -0.420. The number of thioether (sulfide) groups is 1. The molecule has 0 amide bonds. The van der Waals surface area contributed by atoms with Crippen LogP contribution in [0.15, 0.2) is 18.2 Å². The molecule has 1 aliphatic rings. The summed E-state index contributed by atoms with van der Waals surface area (Å²) in [6.07, 6.45) is 0.851. The van der Waals surface area contributed by atoms with Crippen LogP contribution in [0.1, 0.15) is 24.9 Å². The van der Waals surface area contributed by atoms with E-state index in [1.165, 1.54) is 0 Å². The van der Waals surface area contributed by atoms with Crippen molar-refractivity contribution in [2.24, 2.45) is 0 Å². The van der Waals surface area contributed by atoms with Gasteiger partial charge < -0.3 is 15.2 Å². The highest BCUT2D eigenvalue weighted by Crippen LogP contribution is 2.30. The first kappa shape index (κ1) is 15.0. The van der Waals surface area contributed by atoms with Gasteiger partial charge in [-0.25, -0.2) is 0 Å². The van der Waals surface area contributed by atoms with E-state index in [4.69, 9.17) is 16.3 Å². The molecule has 0 spiro atoms. The lowest BCUT2D eigenvalue weighted by molar-refractivity contribution is 0.0650. The predicted octanol–water partition coefficient (Wildman–Crippen LogP) is 2.87. The maximum absolute atomic E-state index is 10.3. The SMILES string of the molecule is COc1ccc(Cl)cc1[C@H](C)NC[C@@]1(O)CCSC1. The molecule has 106 valence electrons. The highest BCUT2D eigenvalue weighted by Gasteiger charge is 2.31. The van der Waals surface area contributed by atoms with Crippen LogP contribution in [0.25, 0.3) is 0 Å². The molecule has 3 nitrogen and oxygen atoms in total. The molecule has 0 radical (unpaired) electrons. The molecule has 5 heteroatoms. The fourth-order valence-electron chi connectivity index (χ4n) is 2.23. The lowest BCUT2D eigenvalue weighted by Crippen LogP contribution is -2.41. The van der Waals surface area contributed by atoms with Crippen molar-refractivity contribution in [3.8, 4) is 5.75 Å². The smallest absolute Gasteiger partial charge is 0.123 e. The number of hydrogen-bond acceptors (Lipinski definition) is 4. The summed E-state index contributed by atoms with van der Waals surface area (Å²) < 4.78 is 5.35. The first-order chi connectivity index (χ1) is 9.04. The molecule has 1 heterocycles. The molecular weight excluding hydrogens is 282 g/mol. The zero-order valence-electron chi connectivity index (χ0n) is 11.3. The second-order valence-electron chi connectivity index (χ2n) is 5.02. The number of methoxy groups -OCH3 is 1. The molecule has 19 heavy (non-hydrogen) atoms. The minimum absolute atomic E-state index is 0.0864. The van der Waals surface area contributed by atoms with Crippen LogP contribution in [-0.4, -0.2) is 35.9 Å². The van der Waals surface area contributed by atoms with E-state index in [2.05, 4.69) is 12.2 Å². The van der Waals surface area contributed by atoms with Crippen LogP contribution in [0, 0.1) is 0 Å². The van der Waals surface area contributed by atoms with Crippen LogP contribution in [0.5, 0.6) is 5.75 Å². The van der Waals surface area contributed by atoms with Crippen LogP contribution in [0.4, 0.5) is 0 Å². The van der Waals surface area contributed by atoms with Gasteiger partial charge in [0.05, 0.1) is 12.7 Å². The summed E-state index contributed by atoms with van der Waals surface area (Å²) in [5, 5.41) is 14.4. The summed E-state index contributed by atoms with van der Waals surface area (Å²) in [5.41, 5.74) is 0.439. The Kier molecular flexibility index (Phi) is 5.01. The van der Waals surface area contributed by atoms with Gasteiger partial charge in [-0.1, -0.05) is 11.6 Å². The molecule has 1 aliphatic heterocycles. The third-order valence-corrected chi connectivity index (χ3v) is 4.95. The topological polar surface area (TPSA) is 41.5 Å². The lowest BCUT2D eigenvalue weighted by Gasteiger charge is -2.25. The van der Waals surface area contributed by atoms with Crippen molar-refractivity contribution in [1.29, 1.82) is 0 Å². The standard InChI is InChI=1S/C14H20ClNO2S/c1-10(16-8-14(17)5-6-19-9-14)12-7-11(15)3-4-13(12)18-2/h3-4,7,10,16-17H,5-6,8-9H2,1-2H3/t10-,14-/m0/s1. The third-order valence-electron chi connectivity index (χ3n) is 3.48. The molecule has 1 saturated heterocycles. The Morgan fingerprint density at radius 3 is 3.00 bits per heavy atom. The Labute approximate surface area is 123 Å². The largest absolute Gasteiger partial charge is 0.496 e. The van der Waals surface area contributed by atoms with E-state index < -0.39 is 5.60 Å². The van der Waals surface area contributed by atoms with E-state index >= 15 is 0 Å². The summed E-state index contributed by atoms with van der Waals surface area (Å²) in [4.78, 5) is 0. The number of benzene rings is 1. The van der Waals surface area contributed by atoms with Crippen LogP contribution < -0.4 is 10.1 Å². The summed E-state index contributed by atoms with van der Waals surface area (Å²) >= 11 is 7.84. The van der Waals surface area contributed by atoms with Crippen LogP contribution >= 0.6 is 23.4 Å². The van der Waals surface area contributed by atoms with Crippen LogP contribution in [0.3, 0.4) is 0 Å². The van der Waals surface area contributed by atoms with E-state index in [0.29, 0.717) is 11.6 Å². The Bertz CT molecular complexity index is 435. The van der Waals surface area contributed by atoms with Gasteiger partial charge in [0.1, 0.15) is 5.75 Å². The van der Waals surface area contributed by atoms with Crippen molar-refractivity contribution < 1.29 is 9.84 Å². The molecule has 2 N–H and O–H groups in total. The number of rotatable bonds is 5. The number of ether oxygens (including phenoxy) is 1. The van der Waals surface area contributed by atoms with Crippen molar-refractivity contribution >= 4 is 23.4 Å². The molecule has 2 atom stereocenters. The van der Waals surface area contributed by atoms with Crippen molar-refractivity contribution in [3.63, 3.8) is 0 Å². The lowest BCUT2D eigenvalue weighted by atomic mass is 10.0. The first-order valence-electron chi connectivity index (χ1n) is 6.41. The molecule has 2 rings (SSSR count).